The molecule has 6 heteroatoms. The Balaban J connectivity index is 0.00000242. The molecule has 0 saturated heterocycles. The van der Waals surface area contributed by atoms with Crippen molar-refractivity contribution in [3.8, 4) is 0 Å². The Kier molecular flexibility index (Phi) is 6.84. The summed E-state index contributed by atoms with van der Waals surface area (Å²) in [4.78, 5) is 24.1. The highest BCUT2D eigenvalue weighted by Crippen LogP contribution is 2.26. The van der Waals surface area contributed by atoms with Gasteiger partial charge in [-0.05, 0) is 43.9 Å². The van der Waals surface area contributed by atoms with Gasteiger partial charge in [-0.3, -0.25) is 9.59 Å². The monoisotopic (exact) mass is 325 g/mol. The largest absolute Gasteiger partial charge is 0.355 e. The summed E-state index contributed by atoms with van der Waals surface area (Å²) in [5.74, 6) is -0.178. The summed E-state index contributed by atoms with van der Waals surface area (Å²) >= 11 is 0. The topological polar surface area (TPSA) is 84.2 Å². The van der Waals surface area contributed by atoms with E-state index in [-0.39, 0.29) is 36.2 Å². The Hall–Kier alpha value is -1.59. The first-order valence-corrected chi connectivity index (χ1v) is 7.41. The van der Waals surface area contributed by atoms with E-state index in [2.05, 4.69) is 10.6 Å². The zero-order chi connectivity index (χ0) is 15.4. The Morgan fingerprint density at radius 3 is 2.64 bits per heavy atom. The van der Waals surface area contributed by atoms with Gasteiger partial charge in [-0.15, -0.1) is 12.4 Å². The Bertz CT molecular complexity index is 548. The molecule has 1 fully saturated rings. The van der Waals surface area contributed by atoms with Crippen LogP contribution in [0.25, 0.3) is 0 Å². The van der Waals surface area contributed by atoms with E-state index < -0.39 is 0 Å². The predicted molar refractivity (Wildman–Crippen MR) is 90.4 cm³/mol. The standard InChI is InChI=1S/C16H23N3O2.ClH/c1-10-13(16(21)18-2)7-4-8-14(10)19-15(20)11-5-3-6-12(17)9-11;/h4,7-8,11-12H,3,5-6,9,17H2,1-2H3,(H,18,21)(H,19,20);1H. The minimum absolute atomic E-state index is 0. The molecule has 0 radical (unpaired) electrons. The van der Waals surface area contributed by atoms with Crippen LogP contribution in [0.3, 0.4) is 0 Å². The van der Waals surface area contributed by atoms with Crippen molar-refractivity contribution in [2.45, 2.75) is 38.6 Å². The van der Waals surface area contributed by atoms with Gasteiger partial charge in [-0.1, -0.05) is 12.5 Å². The van der Waals surface area contributed by atoms with Crippen LogP contribution in [0.2, 0.25) is 0 Å². The fraction of sp³-hybridized carbons (Fsp3) is 0.500. The smallest absolute Gasteiger partial charge is 0.251 e. The molecule has 4 N–H and O–H groups in total. The number of amides is 2. The number of benzene rings is 1. The molecule has 22 heavy (non-hydrogen) atoms. The lowest BCUT2D eigenvalue weighted by Gasteiger charge is -2.26. The lowest BCUT2D eigenvalue weighted by atomic mass is 9.85. The van der Waals surface area contributed by atoms with Crippen LogP contribution in [0.5, 0.6) is 0 Å². The quantitative estimate of drug-likeness (QED) is 0.796. The maximum Gasteiger partial charge on any atom is 0.251 e. The number of rotatable bonds is 3. The molecule has 0 heterocycles. The van der Waals surface area contributed by atoms with Crippen molar-refractivity contribution in [2.24, 2.45) is 11.7 Å². The summed E-state index contributed by atoms with van der Waals surface area (Å²) in [5.41, 5.74) is 7.99. The van der Waals surface area contributed by atoms with Crippen LogP contribution in [0.1, 0.15) is 41.6 Å². The summed E-state index contributed by atoms with van der Waals surface area (Å²) in [6.45, 7) is 1.84. The van der Waals surface area contributed by atoms with E-state index in [4.69, 9.17) is 5.73 Å². The van der Waals surface area contributed by atoms with Crippen molar-refractivity contribution in [2.75, 3.05) is 12.4 Å². The minimum atomic E-state index is -0.150. The molecule has 0 bridgehead atoms. The van der Waals surface area contributed by atoms with Crippen LogP contribution in [0, 0.1) is 12.8 Å². The van der Waals surface area contributed by atoms with E-state index in [1.807, 2.05) is 13.0 Å². The van der Waals surface area contributed by atoms with Gasteiger partial charge in [0.1, 0.15) is 0 Å². The first-order valence-electron chi connectivity index (χ1n) is 7.41. The van der Waals surface area contributed by atoms with Crippen molar-refractivity contribution in [1.82, 2.24) is 5.32 Å². The van der Waals surface area contributed by atoms with Crippen molar-refractivity contribution >= 4 is 29.9 Å². The Morgan fingerprint density at radius 2 is 2.00 bits per heavy atom. The first kappa shape index (κ1) is 18.5. The normalized spacial score (nSPS) is 20.7. The molecule has 2 amide bonds. The number of carbonyl (C=O) groups excluding carboxylic acids is 2. The molecule has 5 nitrogen and oxygen atoms in total. The van der Waals surface area contributed by atoms with Gasteiger partial charge < -0.3 is 16.4 Å². The molecule has 1 aliphatic carbocycles. The van der Waals surface area contributed by atoms with Crippen LogP contribution in [0.15, 0.2) is 18.2 Å². The van der Waals surface area contributed by atoms with E-state index in [1.54, 1.807) is 19.2 Å². The Morgan fingerprint density at radius 1 is 1.27 bits per heavy atom. The number of halogens is 1. The number of hydrogen-bond donors (Lipinski definition) is 3. The fourth-order valence-corrected chi connectivity index (χ4v) is 2.85. The van der Waals surface area contributed by atoms with Crippen molar-refractivity contribution in [1.29, 1.82) is 0 Å². The van der Waals surface area contributed by atoms with Crippen molar-refractivity contribution in [3.05, 3.63) is 29.3 Å². The molecule has 1 aliphatic rings. The molecular formula is C16H24ClN3O2. The second-order valence-corrected chi connectivity index (χ2v) is 5.67. The van der Waals surface area contributed by atoms with Crippen LogP contribution in [0.4, 0.5) is 5.69 Å². The molecule has 1 aromatic carbocycles. The van der Waals surface area contributed by atoms with E-state index in [0.29, 0.717) is 11.3 Å². The lowest BCUT2D eigenvalue weighted by molar-refractivity contribution is -0.120. The summed E-state index contributed by atoms with van der Waals surface area (Å²) < 4.78 is 0. The molecule has 2 rings (SSSR count). The van der Waals surface area contributed by atoms with Gasteiger partial charge in [0.25, 0.3) is 5.91 Å². The van der Waals surface area contributed by atoms with Gasteiger partial charge >= 0.3 is 0 Å². The third-order valence-corrected chi connectivity index (χ3v) is 4.15. The molecule has 2 unspecified atom stereocenters. The zero-order valence-electron chi connectivity index (χ0n) is 13.0. The van der Waals surface area contributed by atoms with Gasteiger partial charge in [0.2, 0.25) is 5.91 Å². The highest BCUT2D eigenvalue weighted by molar-refractivity contribution is 5.99. The average Bonchev–Trinajstić information content (AvgIpc) is 2.48. The first-order chi connectivity index (χ1) is 10.0. The summed E-state index contributed by atoms with van der Waals surface area (Å²) in [5, 5.41) is 5.55. The fourth-order valence-electron chi connectivity index (χ4n) is 2.85. The summed E-state index contributed by atoms with van der Waals surface area (Å²) in [6.07, 6.45) is 3.61. The summed E-state index contributed by atoms with van der Waals surface area (Å²) in [7, 11) is 1.59. The highest BCUT2D eigenvalue weighted by Gasteiger charge is 2.25. The van der Waals surface area contributed by atoms with Gasteiger partial charge in [0, 0.05) is 30.3 Å². The number of nitrogens with one attached hydrogen (secondary N) is 2. The molecule has 122 valence electrons. The number of hydrogen-bond acceptors (Lipinski definition) is 3. The van der Waals surface area contributed by atoms with Gasteiger partial charge in [-0.2, -0.15) is 0 Å². The molecule has 1 aromatic rings. The highest BCUT2D eigenvalue weighted by atomic mass is 35.5. The van der Waals surface area contributed by atoms with Crippen LogP contribution in [-0.4, -0.2) is 24.9 Å². The zero-order valence-corrected chi connectivity index (χ0v) is 13.8. The predicted octanol–water partition coefficient (Wildman–Crippen LogP) is 2.23. The number of carbonyl (C=O) groups is 2. The third kappa shape index (κ3) is 4.21. The van der Waals surface area contributed by atoms with Crippen LogP contribution < -0.4 is 16.4 Å². The molecule has 0 aliphatic heterocycles. The SMILES string of the molecule is CNC(=O)c1cccc(NC(=O)C2CCCC(N)C2)c1C.Cl. The number of nitrogens with two attached hydrogens (primary N) is 1. The van der Waals surface area contributed by atoms with Gasteiger partial charge in [0.15, 0.2) is 0 Å². The maximum atomic E-state index is 12.3. The van der Waals surface area contributed by atoms with E-state index in [1.165, 1.54) is 0 Å². The van der Waals surface area contributed by atoms with Gasteiger partial charge in [0.05, 0.1) is 0 Å². The average molecular weight is 326 g/mol. The van der Waals surface area contributed by atoms with E-state index in [9.17, 15) is 9.59 Å². The van der Waals surface area contributed by atoms with E-state index in [0.717, 1.165) is 31.2 Å². The van der Waals surface area contributed by atoms with E-state index >= 15 is 0 Å². The molecule has 1 saturated carbocycles. The lowest BCUT2D eigenvalue weighted by Crippen LogP contribution is -2.34. The van der Waals surface area contributed by atoms with Gasteiger partial charge in [-0.25, -0.2) is 0 Å². The Labute approximate surface area is 137 Å². The molecular weight excluding hydrogens is 302 g/mol. The maximum absolute atomic E-state index is 12.3. The second kappa shape index (κ2) is 8.15. The van der Waals surface area contributed by atoms with Crippen molar-refractivity contribution in [3.63, 3.8) is 0 Å². The molecule has 2 atom stereocenters. The summed E-state index contributed by atoms with van der Waals surface area (Å²) in [6, 6.07) is 5.47. The van der Waals surface area contributed by atoms with Crippen LogP contribution >= 0.6 is 12.4 Å². The van der Waals surface area contributed by atoms with Crippen LogP contribution in [-0.2, 0) is 4.79 Å². The number of anilines is 1. The minimum Gasteiger partial charge on any atom is -0.355 e. The second-order valence-electron chi connectivity index (χ2n) is 5.67. The molecule has 0 spiro atoms. The van der Waals surface area contributed by atoms with Crippen molar-refractivity contribution < 1.29 is 9.59 Å². The molecule has 0 aromatic heterocycles. The third-order valence-electron chi connectivity index (χ3n) is 4.15.